The van der Waals surface area contributed by atoms with Crippen LogP contribution in [0.1, 0.15) is 18.9 Å². The Hall–Kier alpha value is -2.23. The molecule has 24 heavy (non-hydrogen) atoms. The van der Waals surface area contributed by atoms with Crippen molar-refractivity contribution in [2.45, 2.75) is 25.9 Å². The van der Waals surface area contributed by atoms with E-state index in [4.69, 9.17) is 9.47 Å². The van der Waals surface area contributed by atoms with Gasteiger partial charge in [-0.2, -0.15) is 0 Å². The molecule has 1 atom stereocenters. The van der Waals surface area contributed by atoms with E-state index in [1.807, 2.05) is 25.1 Å². The lowest BCUT2D eigenvalue weighted by Gasteiger charge is -2.24. The fourth-order valence-corrected chi connectivity index (χ4v) is 2.53. The molecule has 0 radical (unpaired) electrons. The molecule has 2 N–H and O–H groups in total. The number of hydrogen-bond acceptors (Lipinski definition) is 5. The zero-order chi connectivity index (χ0) is 17.5. The SMILES string of the molecule is CC#CCOc1ccc(OCC(O)CN(C)C)c2c1NC(=O)CC2. The quantitative estimate of drug-likeness (QED) is 0.736. The van der Waals surface area contributed by atoms with Gasteiger partial charge < -0.3 is 24.8 Å². The number of carbonyl (C=O) groups excluding carboxylic acids is 1. The third kappa shape index (κ3) is 4.88. The van der Waals surface area contributed by atoms with E-state index in [-0.39, 0.29) is 19.1 Å². The zero-order valence-electron chi connectivity index (χ0n) is 14.4. The largest absolute Gasteiger partial charge is 0.490 e. The molecule has 0 fully saturated rings. The van der Waals surface area contributed by atoms with Crippen LogP contribution in [0.4, 0.5) is 5.69 Å². The Bertz CT molecular complexity index is 646. The molecule has 130 valence electrons. The number of benzene rings is 1. The van der Waals surface area contributed by atoms with Crippen LogP contribution in [0.3, 0.4) is 0 Å². The van der Waals surface area contributed by atoms with Crippen LogP contribution in [0.15, 0.2) is 12.1 Å². The Labute approximate surface area is 142 Å². The summed E-state index contributed by atoms with van der Waals surface area (Å²) in [6, 6.07) is 3.57. The van der Waals surface area contributed by atoms with Crippen molar-refractivity contribution in [2.24, 2.45) is 0 Å². The molecule has 0 saturated carbocycles. The summed E-state index contributed by atoms with van der Waals surface area (Å²) in [7, 11) is 3.79. The van der Waals surface area contributed by atoms with Gasteiger partial charge >= 0.3 is 0 Å². The third-order valence-corrected chi connectivity index (χ3v) is 3.58. The lowest BCUT2D eigenvalue weighted by molar-refractivity contribution is -0.116. The van der Waals surface area contributed by atoms with Crippen LogP contribution in [-0.4, -0.2) is 55.9 Å². The molecule has 0 saturated heterocycles. The second kappa shape index (κ2) is 8.57. The van der Waals surface area contributed by atoms with Crippen molar-refractivity contribution in [3.63, 3.8) is 0 Å². The summed E-state index contributed by atoms with van der Waals surface area (Å²) in [5.41, 5.74) is 1.54. The standard InChI is InChI=1S/C18H24N2O4/c1-4-5-10-23-16-8-7-15(24-12-13(21)11-20(2)3)14-6-9-17(22)19-18(14)16/h7-8,13,21H,6,9-12H2,1-3H3,(H,19,22). The molecule has 2 rings (SSSR count). The van der Waals surface area contributed by atoms with Crippen LogP contribution in [0.25, 0.3) is 0 Å². The van der Waals surface area contributed by atoms with Crippen molar-refractivity contribution in [2.75, 3.05) is 39.2 Å². The molecule has 0 spiro atoms. The van der Waals surface area contributed by atoms with Gasteiger partial charge in [-0.15, -0.1) is 5.92 Å². The Morgan fingerprint density at radius 3 is 2.75 bits per heavy atom. The number of likely N-dealkylation sites (N-methyl/N-ethyl adjacent to an activating group) is 1. The molecule has 1 aliphatic rings. The maximum atomic E-state index is 11.7. The summed E-state index contributed by atoms with van der Waals surface area (Å²) in [6.45, 7) is 2.73. The van der Waals surface area contributed by atoms with Crippen molar-refractivity contribution in [3.8, 4) is 23.3 Å². The summed E-state index contributed by atoms with van der Waals surface area (Å²) < 4.78 is 11.4. The monoisotopic (exact) mass is 332 g/mol. The van der Waals surface area contributed by atoms with Gasteiger partial charge in [0, 0.05) is 18.5 Å². The van der Waals surface area contributed by atoms with Crippen LogP contribution in [0.2, 0.25) is 0 Å². The normalized spacial score (nSPS) is 14.3. The highest BCUT2D eigenvalue weighted by atomic mass is 16.5. The van der Waals surface area contributed by atoms with Crippen LogP contribution in [0, 0.1) is 11.8 Å². The maximum Gasteiger partial charge on any atom is 0.224 e. The minimum absolute atomic E-state index is 0.0429. The summed E-state index contributed by atoms with van der Waals surface area (Å²) in [6.07, 6.45) is 0.406. The van der Waals surface area contributed by atoms with Crippen LogP contribution in [0.5, 0.6) is 11.5 Å². The van der Waals surface area contributed by atoms with Gasteiger partial charge in [0.2, 0.25) is 5.91 Å². The number of carbonyl (C=O) groups is 1. The Morgan fingerprint density at radius 1 is 1.29 bits per heavy atom. The molecule has 0 aliphatic carbocycles. The minimum atomic E-state index is -0.579. The highest BCUT2D eigenvalue weighted by Gasteiger charge is 2.23. The first-order valence-corrected chi connectivity index (χ1v) is 7.95. The summed E-state index contributed by atoms with van der Waals surface area (Å²) in [5, 5.41) is 12.8. The summed E-state index contributed by atoms with van der Waals surface area (Å²) in [4.78, 5) is 13.6. The van der Waals surface area contributed by atoms with E-state index in [9.17, 15) is 9.90 Å². The van der Waals surface area contributed by atoms with Gasteiger partial charge in [-0.3, -0.25) is 4.79 Å². The van der Waals surface area contributed by atoms with Gasteiger partial charge in [-0.1, -0.05) is 5.92 Å². The smallest absolute Gasteiger partial charge is 0.224 e. The number of amides is 1. The van der Waals surface area contributed by atoms with Crippen LogP contribution in [-0.2, 0) is 11.2 Å². The molecular formula is C18H24N2O4. The van der Waals surface area contributed by atoms with Gasteiger partial charge in [0.15, 0.2) is 0 Å². The van der Waals surface area contributed by atoms with E-state index in [1.165, 1.54) is 0 Å². The molecular weight excluding hydrogens is 308 g/mol. The number of rotatable bonds is 7. The molecule has 1 aliphatic heterocycles. The molecule has 0 bridgehead atoms. The van der Waals surface area contributed by atoms with Gasteiger partial charge in [0.1, 0.15) is 30.8 Å². The number of nitrogens with zero attached hydrogens (tertiary/aromatic N) is 1. The number of hydrogen-bond donors (Lipinski definition) is 2. The summed E-state index contributed by atoms with van der Waals surface area (Å²) >= 11 is 0. The van der Waals surface area contributed by atoms with Gasteiger partial charge in [-0.05, 0) is 39.6 Å². The van der Waals surface area contributed by atoms with Gasteiger partial charge in [-0.25, -0.2) is 0 Å². The lowest BCUT2D eigenvalue weighted by atomic mass is 10.0. The van der Waals surface area contributed by atoms with Crippen LogP contribution >= 0.6 is 0 Å². The Kier molecular flexibility index (Phi) is 6.47. The van der Waals surface area contributed by atoms with E-state index < -0.39 is 6.10 Å². The first kappa shape index (κ1) is 18.1. The molecule has 1 unspecified atom stereocenters. The van der Waals surface area contributed by atoms with Crippen molar-refractivity contribution in [1.82, 2.24) is 4.90 Å². The van der Waals surface area contributed by atoms with E-state index in [2.05, 4.69) is 17.2 Å². The topological polar surface area (TPSA) is 71.0 Å². The molecule has 1 aromatic carbocycles. The number of ether oxygens (including phenoxy) is 2. The van der Waals surface area contributed by atoms with E-state index in [0.717, 1.165) is 5.56 Å². The fourth-order valence-electron chi connectivity index (χ4n) is 2.53. The first-order chi connectivity index (χ1) is 11.5. The molecule has 6 nitrogen and oxygen atoms in total. The van der Waals surface area contributed by atoms with Crippen molar-refractivity contribution < 1.29 is 19.4 Å². The molecule has 0 aromatic heterocycles. The van der Waals surface area contributed by atoms with Crippen molar-refractivity contribution in [3.05, 3.63) is 17.7 Å². The highest BCUT2D eigenvalue weighted by molar-refractivity contribution is 5.96. The Morgan fingerprint density at radius 2 is 2.04 bits per heavy atom. The fraction of sp³-hybridized carbons (Fsp3) is 0.500. The minimum Gasteiger partial charge on any atom is -0.490 e. The molecule has 6 heteroatoms. The van der Waals surface area contributed by atoms with Crippen LogP contribution < -0.4 is 14.8 Å². The Balaban J connectivity index is 2.15. The number of fused-ring (bicyclic) bond motifs is 1. The average Bonchev–Trinajstić information content (AvgIpc) is 2.53. The van der Waals surface area contributed by atoms with Crippen molar-refractivity contribution >= 4 is 11.6 Å². The molecule has 1 amide bonds. The number of aliphatic hydroxyl groups excluding tert-OH is 1. The predicted molar refractivity (Wildman–Crippen MR) is 92.4 cm³/mol. The molecule has 1 heterocycles. The lowest BCUT2D eigenvalue weighted by Crippen LogP contribution is -2.31. The van der Waals surface area contributed by atoms with E-state index in [1.54, 1.807) is 13.0 Å². The number of aliphatic hydroxyl groups is 1. The van der Waals surface area contributed by atoms with Gasteiger partial charge in [0.05, 0.1) is 5.69 Å². The number of anilines is 1. The third-order valence-electron chi connectivity index (χ3n) is 3.58. The van der Waals surface area contributed by atoms with Crippen molar-refractivity contribution in [1.29, 1.82) is 0 Å². The number of nitrogens with one attached hydrogen (secondary N) is 1. The van der Waals surface area contributed by atoms with E-state index in [0.29, 0.717) is 36.6 Å². The van der Waals surface area contributed by atoms with Gasteiger partial charge in [0.25, 0.3) is 0 Å². The maximum absolute atomic E-state index is 11.7. The molecule has 1 aromatic rings. The first-order valence-electron chi connectivity index (χ1n) is 7.95. The zero-order valence-corrected chi connectivity index (χ0v) is 14.4. The predicted octanol–water partition coefficient (Wildman–Crippen LogP) is 1.27. The van der Waals surface area contributed by atoms with E-state index >= 15 is 0 Å². The highest BCUT2D eigenvalue weighted by Crippen LogP contribution is 2.38. The second-order valence-corrected chi connectivity index (χ2v) is 5.91. The average molecular weight is 332 g/mol. The summed E-state index contributed by atoms with van der Waals surface area (Å²) in [5.74, 6) is 6.81. The second-order valence-electron chi connectivity index (χ2n) is 5.91.